The molecule has 0 aromatic heterocycles. The Morgan fingerprint density at radius 3 is 2.29 bits per heavy atom. The molecule has 2 unspecified atom stereocenters. The van der Waals surface area contributed by atoms with Crippen molar-refractivity contribution in [3.05, 3.63) is 71.3 Å². The Labute approximate surface area is 129 Å². The first-order chi connectivity index (χ1) is 10.3. The standard InChI is InChI=1S/C21H26/c1-3-16(2)21(15-17-9-5-4-6-10-17)20-12-8-7-11-19(20)18-13-14-18/h4-12,16,18,21H,3,13-15H2,1-2H3. The van der Waals surface area contributed by atoms with Crippen LogP contribution in [0.4, 0.5) is 0 Å². The fourth-order valence-corrected chi connectivity index (χ4v) is 3.38. The molecular formula is C21H26. The molecule has 0 bridgehead atoms. The molecule has 0 heteroatoms. The largest absolute Gasteiger partial charge is 0.0651 e. The fourth-order valence-electron chi connectivity index (χ4n) is 3.38. The van der Waals surface area contributed by atoms with E-state index in [1.807, 2.05) is 0 Å². The van der Waals surface area contributed by atoms with Crippen LogP contribution in [0.1, 0.15) is 61.6 Å². The van der Waals surface area contributed by atoms with Crippen LogP contribution in [0.15, 0.2) is 54.6 Å². The Kier molecular flexibility index (Phi) is 4.43. The van der Waals surface area contributed by atoms with E-state index in [4.69, 9.17) is 0 Å². The predicted octanol–water partition coefficient (Wildman–Crippen LogP) is 5.94. The molecule has 3 rings (SSSR count). The van der Waals surface area contributed by atoms with Gasteiger partial charge in [-0.3, -0.25) is 0 Å². The van der Waals surface area contributed by atoms with E-state index in [1.54, 1.807) is 11.1 Å². The molecule has 1 saturated carbocycles. The minimum Gasteiger partial charge on any atom is -0.0651 e. The summed E-state index contributed by atoms with van der Waals surface area (Å²) in [4.78, 5) is 0. The van der Waals surface area contributed by atoms with Crippen molar-refractivity contribution in [3.63, 3.8) is 0 Å². The molecule has 2 atom stereocenters. The van der Waals surface area contributed by atoms with Crippen LogP contribution >= 0.6 is 0 Å². The van der Waals surface area contributed by atoms with Gasteiger partial charge in [0.1, 0.15) is 0 Å². The molecule has 0 amide bonds. The lowest BCUT2D eigenvalue weighted by molar-refractivity contribution is 0.440. The number of rotatable bonds is 6. The first-order valence-corrected chi connectivity index (χ1v) is 8.42. The van der Waals surface area contributed by atoms with E-state index in [0.717, 1.165) is 11.8 Å². The second-order valence-corrected chi connectivity index (χ2v) is 6.58. The smallest absolute Gasteiger partial charge is 0.00930 e. The van der Waals surface area contributed by atoms with Crippen LogP contribution in [-0.2, 0) is 6.42 Å². The van der Waals surface area contributed by atoms with Gasteiger partial charge in [0.25, 0.3) is 0 Å². The average Bonchev–Trinajstić information content (AvgIpc) is 3.38. The number of hydrogen-bond donors (Lipinski definition) is 0. The molecule has 0 saturated heterocycles. The molecule has 0 radical (unpaired) electrons. The van der Waals surface area contributed by atoms with Crippen molar-refractivity contribution < 1.29 is 0 Å². The molecule has 0 spiro atoms. The summed E-state index contributed by atoms with van der Waals surface area (Å²) in [7, 11) is 0. The summed E-state index contributed by atoms with van der Waals surface area (Å²) >= 11 is 0. The predicted molar refractivity (Wildman–Crippen MR) is 90.8 cm³/mol. The van der Waals surface area contributed by atoms with Crippen LogP contribution in [-0.4, -0.2) is 0 Å². The SMILES string of the molecule is CCC(C)C(Cc1ccccc1)c1ccccc1C1CC1. The van der Waals surface area contributed by atoms with Crippen LogP contribution in [0, 0.1) is 5.92 Å². The lowest BCUT2D eigenvalue weighted by Gasteiger charge is -2.26. The van der Waals surface area contributed by atoms with Crippen molar-refractivity contribution in [1.82, 2.24) is 0 Å². The van der Waals surface area contributed by atoms with Crippen molar-refractivity contribution in [3.8, 4) is 0 Å². The average molecular weight is 278 g/mol. The summed E-state index contributed by atoms with van der Waals surface area (Å²) in [5, 5.41) is 0. The second-order valence-electron chi connectivity index (χ2n) is 6.58. The van der Waals surface area contributed by atoms with Crippen molar-refractivity contribution in [2.24, 2.45) is 5.92 Å². The summed E-state index contributed by atoms with van der Waals surface area (Å²) in [6.07, 6.45) is 5.18. The highest BCUT2D eigenvalue weighted by Gasteiger charge is 2.29. The zero-order valence-electron chi connectivity index (χ0n) is 13.3. The van der Waals surface area contributed by atoms with Gasteiger partial charge in [0.05, 0.1) is 0 Å². The summed E-state index contributed by atoms with van der Waals surface area (Å²) in [6, 6.07) is 20.2. The van der Waals surface area contributed by atoms with Crippen molar-refractivity contribution in [1.29, 1.82) is 0 Å². The Balaban J connectivity index is 1.92. The molecule has 21 heavy (non-hydrogen) atoms. The van der Waals surface area contributed by atoms with Crippen LogP contribution in [0.2, 0.25) is 0 Å². The Morgan fingerprint density at radius 1 is 0.952 bits per heavy atom. The van der Waals surface area contributed by atoms with Gasteiger partial charge in [-0.2, -0.15) is 0 Å². The molecule has 1 aliphatic rings. The molecule has 2 aromatic carbocycles. The fraction of sp³-hybridized carbons (Fsp3) is 0.429. The highest BCUT2D eigenvalue weighted by Crippen LogP contribution is 2.45. The first-order valence-electron chi connectivity index (χ1n) is 8.42. The maximum absolute atomic E-state index is 2.41. The molecule has 1 aliphatic carbocycles. The van der Waals surface area contributed by atoms with Gasteiger partial charge in [-0.25, -0.2) is 0 Å². The number of hydrogen-bond acceptors (Lipinski definition) is 0. The van der Waals surface area contributed by atoms with Crippen molar-refractivity contribution in [2.45, 2.75) is 51.4 Å². The highest BCUT2D eigenvalue weighted by molar-refractivity contribution is 5.37. The molecular weight excluding hydrogens is 252 g/mol. The minimum absolute atomic E-state index is 0.647. The third-order valence-electron chi connectivity index (χ3n) is 5.04. The van der Waals surface area contributed by atoms with Gasteiger partial charge in [-0.05, 0) is 53.7 Å². The Bertz CT molecular complexity index is 566. The maximum Gasteiger partial charge on any atom is -0.00930 e. The van der Waals surface area contributed by atoms with Crippen LogP contribution in [0.5, 0.6) is 0 Å². The lowest BCUT2D eigenvalue weighted by atomic mass is 9.78. The zero-order valence-corrected chi connectivity index (χ0v) is 13.3. The molecule has 0 N–H and O–H groups in total. The van der Waals surface area contributed by atoms with Gasteiger partial charge in [-0.1, -0.05) is 74.9 Å². The van der Waals surface area contributed by atoms with E-state index in [2.05, 4.69) is 68.4 Å². The quantitative estimate of drug-likeness (QED) is 0.613. The highest BCUT2D eigenvalue weighted by atomic mass is 14.3. The maximum atomic E-state index is 2.41. The van der Waals surface area contributed by atoms with Crippen LogP contribution in [0.25, 0.3) is 0 Å². The van der Waals surface area contributed by atoms with E-state index in [1.165, 1.54) is 31.2 Å². The molecule has 0 aliphatic heterocycles. The monoisotopic (exact) mass is 278 g/mol. The Morgan fingerprint density at radius 2 is 1.62 bits per heavy atom. The van der Waals surface area contributed by atoms with Crippen LogP contribution in [0.3, 0.4) is 0 Å². The number of benzene rings is 2. The molecule has 1 fully saturated rings. The van der Waals surface area contributed by atoms with E-state index < -0.39 is 0 Å². The molecule has 0 heterocycles. The summed E-state index contributed by atoms with van der Waals surface area (Å²) in [5.74, 6) is 2.21. The molecule has 0 nitrogen and oxygen atoms in total. The topological polar surface area (TPSA) is 0 Å². The third kappa shape index (κ3) is 3.37. The van der Waals surface area contributed by atoms with Crippen molar-refractivity contribution >= 4 is 0 Å². The lowest BCUT2D eigenvalue weighted by Crippen LogP contribution is -2.14. The van der Waals surface area contributed by atoms with Gasteiger partial charge in [0.2, 0.25) is 0 Å². The third-order valence-corrected chi connectivity index (χ3v) is 5.04. The van der Waals surface area contributed by atoms with Gasteiger partial charge < -0.3 is 0 Å². The van der Waals surface area contributed by atoms with E-state index in [0.29, 0.717) is 5.92 Å². The Hall–Kier alpha value is -1.56. The van der Waals surface area contributed by atoms with Crippen LogP contribution < -0.4 is 0 Å². The summed E-state index contributed by atoms with van der Waals surface area (Å²) < 4.78 is 0. The molecule has 2 aromatic rings. The normalized spacial score (nSPS) is 17.4. The van der Waals surface area contributed by atoms with Crippen molar-refractivity contribution in [2.75, 3.05) is 0 Å². The van der Waals surface area contributed by atoms with Gasteiger partial charge in [0, 0.05) is 0 Å². The van der Waals surface area contributed by atoms with E-state index >= 15 is 0 Å². The van der Waals surface area contributed by atoms with E-state index in [-0.39, 0.29) is 0 Å². The minimum atomic E-state index is 0.647. The summed E-state index contributed by atoms with van der Waals surface area (Å²) in [5.41, 5.74) is 4.70. The van der Waals surface area contributed by atoms with Gasteiger partial charge in [-0.15, -0.1) is 0 Å². The molecule has 110 valence electrons. The van der Waals surface area contributed by atoms with Gasteiger partial charge in [0.15, 0.2) is 0 Å². The first kappa shape index (κ1) is 14.4. The summed E-state index contributed by atoms with van der Waals surface area (Å²) in [6.45, 7) is 4.74. The van der Waals surface area contributed by atoms with Gasteiger partial charge >= 0.3 is 0 Å². The second kappa shape index (κ2) is 6.47. The zero-order chi connectivity index (χ0) is 14.7. The van der Waals surface area contributed by atoms with E-state index in [9.17, 15) is 0 Å².